The van der Waals surface area contributed by atoms with Crippen LogP contribution in [0.1, 0.15) is 37.8 Å². The number of benzene rings is 1. The van der Waals surface area contributed by atoms with Gasteiger partial charge in [0.25, 0.3) is 5.56 Å². The molecule has 2 aliphatic carbocycles. The smallest absolute Gasteiger partial charge is 0.273 e. The van der Waals surface area contributed by atoms with Crippen LogP contribution < -0.4 is 11.0 Å². The number of nitrogens with one attached hydrogen (secondary N) is 1. The second-order valence-electron chi connectivity index (χ2n) is 8.72. The fraction of sp³-hybridized carbons (Fsp3) is 0.391. The fourth-order valence-corrected chi connectivity index (χ4v) is 5.21. The molecule has 2 fully saturated rings. The number of hydrogen-bond donors (Lipinski definition) is 1. The molecule has 0 spiro atoms. The van der Waals surface area contributed by atoms with Crippen molar-refractivity contribution in [2.75, 3.05) is 5.43 Å². The predicted molar refractivity (Wildman–Crippen MR) is 112 cm³/mol. The van der Waals surface area contributed by atoms with Gasteiger partial charge in [-0.05, 0) is 55.2 Å². The lowest BCUT2D eigenvalue weighted by Gasteiger charge is -2.21. The summed E-state index contributed by atoms with van der Waals surface area (Å²) in [5.74, 6) is 1.31. The van der Waals surface area contributed by atoms with Crippen molar-refractivity contribution >= 4 is 16.7 Å². The van der Waals surface area contributed by atoms with E-state index in [0.717, 1.165) is 29.9 Å². The first-order valence-electron chi connectivity index (χ1n) is 10.6. The molecule has 1 amide bonds. The van der Waals surface area contributed by atoms with E-state index in [0.29, 0.717) is 40.5 Å². The highest BCUT2D eigenvalue weighted by Crippen LogP contribution is 2.49. The molecule has 6 nitrogen and oxygen atoms in total. The van der Waals surface area contributed by atoms with E-state index < -0.39 is 17.4 Å². The zero-order valence-electron chi connectivity index (χ0n) is 17.1. The first-order valence-corrected chi connectivity index (χ1v) is 10.6. The number of fused-ring (bicyclic) bond motifs is 3. The van der Waals surface area contributed by atoms with Gasteiger partial charge < -0.3 is 0 Å². The molecule has 0 unspecified atom stereocenters. The minimum Gasteiger partial charge on any atom is -0.273 e. The molecule has 2 heterocycles. The number of carbonyl (C=O) groups is 1. The first-order chi connectivity index (χ1) is 15.3. The lowest BCUT2D eigenvalue weighted by molar-refractivity contribution is -0.141. The normalized spacial score (nSPS) is 22.4. The SMILES string of the molecule is O=C(C[C@H]1C[C@@H]2CC[C@H]1C2)Nn1nc(-c2ccc(C(F)(F)F)nc2)c2ccccc2c1=O. The summed E-state index contributed by atoms with van der Waals surface area (Å²) >= 11 is 0. The summed E-state index contributed by atoms with van der Waals surface area (Å²) in [6, 6.07) is 8.78. The Morgan fingerprint density at radius 2 is 1.88 bits per heavy atom. The highest BCUT2D eigenvalue weighted by molar-refractivity contribution is 5.94. The number of aromatic nitrogens is 3. The van der Waals surface area contributed by atoms with Crippen molar-refractivity contribution in [3.05, 3.63) is 58.6 Å². The Bertz CT molecular complexity index is 1240. The molecule has 0 saturated heterocycles. The monoisotopic (exact) mass is 442 g/mol. The van der Waals surface area contributed by atoms with Crippen LogP contribution in [0.4, 0.5) is 13.2 Å². The van der Waals surface area contributed by atoms with Crippen molar-refractivity contribution in [2.24, 2.45) is 17.8 Å². The minimum atomic E-state index is -4.56. The third-order valence-corrected chi connectivity index (χ3v) is 6.70. The van der Waals surface area contributed by atoms with Crippen LogP contribution in [0.5, 0.6) is 0 Å². The maximum atomic E-state index is 12.9. The molecule has 166 valence electrons. The maximum Gasteiger partial charge on any atom is 0.433 e. The summed E-state index contributed by atoms with van der Waals surface area (Å²) in [6.45, 7) is 0. The molecule has 5 rings (SSSR count). The van der Waals surface area contributed by atoms with Gasteiger partial charge in [-0.1, -0.05) is 24.6 Å². The lowest BCUT2D eigenvalue weighted by Crippen LogP contribution is -2.36. The molecule has 2 aromatic heterocycles. The van der Waals surface area contributed by atoms with Crippen LogP contribution in [-0.2, 0) is 11.0 Å². The van der Waals surface area contributed by atoms with E-state index in [2.05, 4.69) is 15.5 Å². The average Bonchev–Trinajstić information content (AvgIpc) is 3.38. The Labute approximate surface area is 181 Å². The molecule has 1 aromatic carbocycles. The van der Waals surface area contributed by atoms with E-state index >= 15 is 0 Å². The molecular formula is C23H21F3N4O2. The van der Waals surface area contributed by atoms with E-state index in [1.807, 2.05) is 0 Å². The van der Waals surface area contributed by atoms with Crippen LogP contribution in [0, 0.1) is 17.8 Å². The molecule has 32 heavy (non-hydrogen) atoms. The third kappa shape index (κ3) is 3.76. The summed E-state index contributed by atoms with van der Waals surface area (Å²) in [4.78, 5) is 30.0. The number of hydrogen-bond acceptors (Lipinski definition) is 4. The zero-order chi connectivity index (χ0) is 22.5. The molecule has 3 atom stereocenters. The Kier molecular flexibility index (Phi) is 4.98. The largest absolute Gasteiger partial charge is 0.433 e. The molecule has 2 saturated carbocycles. The van der Waals surface area contributed by atoms with Gasteiger partial charge in [-0.2, -0.15) is 13.2 Å². The summed E-state index contributed by atoms with van der Waals surface area (Å²) in [6.07, 6.45) is 1.46. The summed E-state index contributed by atoms with van der Waals surface area (Å²) in [5, 5.41) is 5.05. The topological polar surface area (TPSA) is 76.9 Å². The Morgan fingerprint density at radius 1 is 1.09 bits per heavy atom. The van der Waals surface area contributed by atoms with E-state index in [1.165, 1.54) is 18.9 Å². The molecule has 2 aliphatic rings. The average molecular weight is 442 g/mol. The van der Waals surface area contributed by atoms with E-state index in [-0.39, 0.29) is 11.6 Å². The lowest BCUT2D eigenvalue weighted by atomic mass is 9.86. The highest BCUT2D eigenvalue weighted by Gasteiger charge is 2.40. The molecule has 9 heteroatoms. The Hall–Kier alpha value is -3.23. The van der Waals surface area contributed by atoms with Crippen molar-refractivity contribution in [1.29, 1.82) is 0 Å². The quantitative estimate of drug-likeness (QED) is 0.651. The number of carbonyl (C=O) groups excluding carboxylic acids is 1. The van der Waals surface area contributed by atoms with Crippen LogP contribution in [0.2, 0.25) is 0 Å². The van der Waals surface area contributed by atoms with E-state index in [1.54, 1.807) is 24.3 Å². The summed E-state index contributed by atoms with van der Waals surface area (Å²) in [7, 11) is 0. The van der Waals surface area contributed by atoms with Gasteiger partial charge in [-0.15, -0.1) is 9.89 Å². The van der Waals surface area contributed by atoms with Gasteiger partial charge in [0.2, 0.25) is 5.91 Å². The van der Waals surface area contributed by atoms with Crippen LogP contribution in [0.3, 0.4) is 0 Å². The molecule has 0 radical (unpaired) electrons. The number of rotatable bonds is 4. The Balaban J connectivity index is 1.48. The van der Waals surface area contributed by atoms with Gasteiger partial charge in [0.05, 0.1) is 5.39 Å². The number of nitrogens with zero attached hydrogens (tertiary/aromatic N) is 3. The van der Waals surface area contributed by atoms with E-state index in [9.17, 15) is 22.8 Å². The Morgan fingerprint density at radius 3 is 2.50 bits per heavy atom. The molecule has 1 N–H and O–H groups in total. The van der Waals surface area contributed by atoms with Crippen LogP contribution in [0.15, 0.2) is 47.4 Å². The number of halogens is 3. The van der Waals surface area contributed by atoms with Gasteiger partial charge in [0, 0.05) is 23.6 Å². The number of pyridine rings is 1. The highest BCUT2D eigenvalue weighted by atomic mass is 19.4. The second-order valence-corrected chi connectivity index (χ2v) is 8.72. The second kappa shape index (κ2) is 7.72. The fourth-order valence-electron chi connectivity index (χ4n) is 5.21. The maximum absolute atomic E-state index is 12.9. The number of alkyl halides is 3. The van der Waals surface area contributed by atoms with Crippen molar-refractivity contribution in [2.45, 2.75) is 38.3 Å². The molecular weight excluding hydrogens is 421 g/mol. The van der Waals surface area contributed by atoms with Gasteiger partial charge in [0.15, 0.2) is 0 Å². The standard InChI is InChI=1S/C23H21F3N4O2/c24-23(25,26)19-8-7-15(12-27-19)21-17-3-1-2-4-18(17)22(32)30(29-21)28-20(31)11-16-10-13-5-6-14(16)9-13/h1-4,7-8,12-14,16H,5-6,9-11H2,(H,28,31)/t13-,14+,16-/m1/s1. The molecule has 0 aliphatic heterocycles. The number of amides is 1. The zero-order valence-corrected chi connectivity index (χ0v) is 17.1. The van der Waals surface area contributed by atoms with Crippen molar-refractivity contribution in [1.82, 2.24) is 14.9 Å². The molecule has 2 bridgehead atoms. The van der Waals surface area contributed by atoms with Gasteiger partial charge >= 0.3 is 6.18 Å². The minimum absolute atomic E-state index is 0.265. The summed E-state index contributed by atoms with van der Waals surface area (Å²) < 4.78 is 38.7. The molecule has 3 aromatic rings. The first kappa shape index (κ1) is 20.7. The predicted octanol–water partition coefficient (Wildman–Crippen LogP) is 4.37. The van der Waals surface area contributed by atoms with Gasteiger partial charge in [-0.25, -0.2) is 5.43 Å². The summed E-state index contributed by atoms with van der Waals surface area (Å²) in [5.41, 5.74) is 1.65. The van der Waals surface area contributed by atoms with Crippen molar-refractivity contribution in [3.63, 3.8) is 0 Å². The van der Waals surface area contributed by atoms with E-state index in [4.69, 9.17) is 0 Å². The van der Waals surface area contributed by atoms with Crippen LogP contribution in [0.25, 0.3) is 22.0 Å². The van der Waals surface area contributed by atoms with Crippen molar-refractivity contribution < 1.29 is 18.0 Å². The third-order valence-electron chi connectivity index (χ3n) is 6.70. The van der Waals surface area contributed by atoms with Crippen LogP contribution >= 0.6 is 0 Å². The van der Waals surface area contributed by atoms with Gasteiger partial charge in [0.1, 0.15) is 11.4 Å². The van der Waals surface area contributed by atoms with Crippen LogP contribution in [-0.4, -0.2) is 20.8 Å². The van der Waals surface area contributed by atoms with Gasteiger partial charge in [-0.3, -0.25) is 14.6 Å². The van der Waals surface area contributed by atoms with Crippen molar-refractivity contribution in [3.8, 4) is 11.3 Å².